The van der Waals surface area contributed by atoms with E-state index in [4.69, 9.17) is 23.7 Å². The lowest BCUT2D eigenvalue weighted by atomic mass is 9.78. The van der Waals surface area contributed by atoms with Gasteiger partial charge in [-0.3, -0.25) is 24.2 Å². The minimum absolute atomic E-state index is 0. The van der Waals surface area contributed by atoms with Crippen molar-refractivity contribution in [3.63, 3.8) is 0 Å². The highest BCUT2D eigenvalue weighted by Crippen LogP contribution is 2.54. The first-order valence-corrected chi connectivity index (χ1v) is 44.5. The molecular weight excluding hydrogens is 1580 g/mol. The molecule has 19 rings (SSSR count). The molecule has 4 saturated carbocycles. The fourth-order valence-electron chi connectivity index (χ4n) is 16.6. The Morgan fingerprint density at radius 2 is 0.967 bits per heavy atom. The number of carbonyl (C=O) groups is 5. The van der Waals surface area contributed by atoms with E-state index in [0.717, 1.165) is 159 Å². The van der Waals surface area contributed by atoms with Gasteiger partial charge >= 0.3 is 5.97 Å². The Labute approximate surface area is 712 Å². The third kappa shape index (κ3) is 17.4. The average Bonchev–Trinajstić information content (AvgIpc) is 1.58. The zero-order chi connectivity index (χ0) is 84.3. The average molecular weight is 1680 g/mol. The molecule has 20 nitrogen and oxygen atoms in total. The number of fused-ring (bicyclic) bond motifs is 3. The van der Waals surface area contributed by atoms with Gasteiger partial charge in [-0.2, -0.15) is 0 Å². The first-order valence-electron chi connectivity index (χ1n) is 40.5. The van der Waals surface area contributed by atoms with Crippen molar-refractivity contribution in [3.8, 4) is 67.5 Å². The number of aromatic nitrogens is 1. The van der Waals surface area contributed by atoms with Crippen LogP contribution in [0.25, 0.3) is 44.5 Å². The predicted molar refractivity (Wildman–Crippen MR) is 474 cm³/mol. The Balaban J connectivity index is 0.000000141. The molecule has 622 valence electrons. The van der Waals surface area contributed by atoms with Gasteiger partial charge < -0.3 is 44.7 Å². The van der Waals surface area contributed by atoms with Gasteiger partial charge in [0.1, 0.15) is 10.7 Å². The number of hydrogen-bond acceptors (Lipinski definition) is 16. The number of thiophene rings is 1. The smallest absolute Gasteiger partial charge is 0.346 e. The fourth-order valence-corrected chi connectivity index (χ4v) is 18.9. The van der Waals surface area contributed by atoms with Gasteiger partial charge in [0.2, 0.25) is 41.3 Å². The van der Waals surface area contributed by atoms with E-state index in [9.17, 15) is 45.9 Å². The van der Waals surface area contributed by atoms with E-state index in [1.54, 1.807) is 61.0 Å². The number of amides is 3. The lowest BCUT2D eigenvalue weighted by Crippen LogP contribution is -2.37. The topological polar surface area (TPSA) is 281 Å². The maximum Gasteiger partial charge on any atom is 0.346 e. The molecule has 0 atom stereocenters. The monoisotopic (exact) mass is 1680 g/mol. The second-order valence-corrected chi connectivity index (χ2v) is 36.8. The van der Waals surface area contributed by atoms with Crippen LogP contribution in [-0.2, 0) is 85.1 Å². The molecule has 0 radical (unpaired) electrons. The van der Waals surface area contributed by atoms with Crippen LogP contribution in [0, 0.1) is 13.8 Å². The molecule has 5 N–H and O–H groups in total. The molecule has 5 heterocycles. The van der Waals surface area contributed by atoms with Gasteiger partial charge in [-0.15, -0.1) is 11.3 Å². The summed E-state index contributed by atoms with van der Waals surface area (Å²) in [5.41, 5.74) is 17.2. The summed E-state index contributed by atoms with van der Waals surface area (Å²) in [6.07, 6.45) is 12.8. The number of anilines is 3. The van der Waals surface area contributed by atoms with Crippen LogP contribution in [0.2, 0.25) is 0 Å². The van der Waals surface area contributed by atoms with Crippen LogP contribution in [0.4, 0.5) is 17.1 Å². The number of Topliss-reactive ketones (excluding diaryl/α,β-unsaturated/α-hetero) is 1. The number of nitrogens with one attached hydrogen (secondary N) is 4. The van der Waals surface area contributed by atoms with Gasteiger partial charge in [-0.25, -0.2) is 26.4 Å². The quantitative estimate of drug-likeness (QED) is 0.0422. The number of hydrogen-bond donors (Lipinski definition) is 5. The molecule has 10 aromatic carbocycles. The Bertz CT molecular complexity index is 6220. The maximum absolute atomic E-state index is 13.4. The fraction of sp³-hybridized carbons (Fsp3) is 0.245. The first kappa shape index (κ1) is 82.3. The Kier molecular flexibility index (Phi) is 23.4. The normalized spacial score (nSPS) is 15.9. The van der Waals surface area contributed by atoms with Gasteiger partial charge in [0, 0.05) is 51.3 Å². The Morgan fingerprint density at radius 3 is 1.53 bits per heavy atom. The second-order valence-electron chi connectivity index (χ2n) is 31.7. The third-order valence-corrected chi connectivity index (χ3v) is 28.3. The van der Waals surface area contributed by atoms with Crippen molar-refractivity contribution in [2.45, 2.75) is 136 Å². The number of ether oxygens (including phenoxy) is 5. The number of carbonyl (C=O) groups excluding carboxylic acids is 4. The summed E-state index contributed by atoms with van der Waals surface area (Å²) < 4.78 is 77.5. The predicted octanol–water partition coefficient (Wildman–Crippen LogP) is 19.7. The van der Waals surface area contributed by atoms with Crippen molar-refractivity contribution < 1.29 is 73.9 Å². The first-order chi connectivity index (χ1) is 58.5. The summed E-state index contributed by atoms with van der Waals surface area (Å²) in [4.78, 5) is 69.6. The molecule has 0 bridgehead atoms. The SMILES string of the molecule is CCS(=O)(=O)c1ccc(-c2cccc(CC(=O)C3(c4ccc5c(c4)COC5)CC3)c2)cc1.CNS(=O)(=O)c1ccc(-c2cccc(NC(=O)C3(c4ccccc4)CCCC3)c2)cc1.Cc1ccc(NC(=O)C2(c3ccc4c(c3)OCO4)CC2)cc1-c1cccnc1.Cc1ccc(NC(=O)C2(c3ccc4c(c3)OCO4)CC2)cc1-c1ccsc1C(=O)O.[HH].[HH].[HH]. The number of nitrogens with zero attached hydrogens (tertiary/aromatic N) is 1. The van der Waals surface area contributed by atoms with Crippen molar-refractivity contribution in [2.75, 3.05) is 42.3 Å². The molecule has 3 aliphatic heterocycles. The number of carboxylic acids is 1. The standard InChI is InChI=1S/C27H26O4S.C25H26N2O3S.C23H20N2O3.C23H19NO5S.3H2/c1-2-32(29,30)25-10-7-20(8-11-25)21-5-3-4-19(14-21)15-26(28)27(12-13-27)24-9-6-22-17-31-18-23(22)16-24;1-26-31(29,30)23-14-12-19(13-15-23)20-8-7-11-22(18-20)27-24(28)25(16-5-6-17-25)21-9-3-2-4-10-21;1-15-4-6-18(12-19(15)16-3-2-10-24-13-16)25-22(26)23(8-9-23)17-5-7-20-21(11-17)28-14-27-20;1-13-2-4-15(11-17(13)16-6-9-30-20(16)21(25)26)24-22(27)23(7-8-23)14-3-5-18-19(10-14)29-12-28-18;;;/h3-11,14,16H,2,12-13,15,17-18H2,1H3;2-4,7-15,18,26H,5-6,16-17H2,1H3,(H,27,28);2-7,10-13H,8-9,14H2,1H3,(H,25,26);2-6,9-11H,7-8,12H2,1H3,(H,24,27)(H,25,26);3*1H. The van der Waals surface area contributed by atoms with Gasteiger partial charge in [-0.1, -0.05) is 159 Å². The molecule has 2 aromatic heterocycles. The summed E-state index contributed by atoms with van der Waals surface area (Å²) in [6, 6.07) is 74.5. The van der Waals surface area contributed by atoms with E-state index in [1.165, 1.54) is 29.5 Å². The van der Waals surface area contributed by atoms with Crippen LogP contribution in [0.15, 0.2) is 264 Å². The number of ketones is 1. The van der Waals surface area contributed by atoms with Gasteiger partial charge in [0.15, 0.2) is 32.8 Å². The molecule has 0 unspecified atom stereocenters. The van der Waals surface area contributed by atoms with Crippen molar-refractivity contribution in [1.82, 2.24) is 9.71 Å². The Morgan fingerprint density at radius 1 is 0.455 bits per heavy atom. The van der Waals surface area contributed by atoms with Crippen LogP contribution in [-0.4, -0.2) is 82.8 Å². The van der Waals surface area contributed by atoms with E-state index in [0.29, 0.717) is 57.9 Å². The number of aromatic carboxylic acids is 1. The lowest BCUT2D eigenvalue weighted by Gasteiger charge is -2.28. The summed E-state index contributed by atoms with van der Waals surface area (Å²) in [6.45, 7) is 7.36. The van der Waals surface area contributed by atoms with Crippen molar-refractivity contribution in [3.05, 3.63) is 309 Å². The van der Waals surface area contributed by atoms with Crippen molar-refractivity contribution in [1.29, 1.82) is 0 Å². The minimum Gasteiger partial charge on any atom is -0.477 e. The molecule has 121 heavy (non-hydrogen) atoms. The molecule has 0 saturated heterocycles. The number of carboxylic acid groups (broad SMARTS) is 1. The van der Waals surface area contributed by atoms with Crippen LogP contribution in [0.1, 0.15) is 135 Å². The van der Waals surface area contributed by atoms with Crippen LogP contribution >= 0.6 is 11.3 Å². The highest BCUT2D eigenvalue weighted by atomic mass is 32.2. The summed E-state index contributed by atoms with van der Waals surface area (Å²) in [5, 5.41) is 20.5. The highest BCUT2D eigenvalue weighted by Gasteiger charge is 2.54. The molecule has 0 spiro atoms. The molecule has 23 heteroatoms. The van der Waals surface area contributed by atoms with E-state index < -0.39 is 42.1 Å². The molecular formula is C98H97N5O15S3. The molecule has 4 aliphatic carbocycles. The summed E-state index contributed by atoms with van der Waals surface area (Å²) in [5.74, 6) is 2.20. The van der Waals surface area contributed by atoms with Crippen LogP contribution in [0.5, 0.6) is 23.0 Å². The highest BCUT2D eigenvalue weighted by molar-refractivity contribution is 7.91. The van der Waals surface area contributed by atoms with E-state index >= 15 is 0 Å². The second kappa shape index (κ2) is 34.4. The number of benzene rings is 10. The van der Waals surface area contributed by atoms with E-state index in [2.05, 4.69) is 50.8 Å². The minimum atomic E-state index is -3.47. The van der Waals surface area contributed by atoms with Crippen molar-refractivity contribution >= 4 is 77.7 Å². The van der Waals surface area contributed by atoms with E-state index in [-0.39, 0.29) is 57.4 Å². The van der Waals surface area contributed by atoms with Crippen LogP contribution in [0.3, 0.4) is 0 Å². The van der Waals surface area contributed by atoms with Gasteiger partial charge in [0.05, 0.1) is 50.4 Å². The molecule has 12 aromatic rings. The largest absolute Gasteiger partial charge is 0.477 e. The summed E-state index contributed by atoms with van der Waals surface area (Å²) in [7, 11) is -5.29. The number of sulfonamides is 1. The molecule has 7 aliphatic rings. The maximum atomic E-state index is 13.4. The number of sulfone groups is 1. The lowest BCUT2D eigenvalue weighted by molar-refractivity contribution is -0.122. The summed E-state index contributed by atoms with van der Waals surface area (Å²) >= 11 is 1.19. The number of rotatable bonds is 22. The third-order valence-electron chi connectivity index (χ3n) is 24.2. The van der Waals surface area contributed by atoms with Gasteiger partial charge in [0.25, 0.3) is 0 Å². The zero-order valence-corrected chi connectivity index (χ0v) is 69.8. The number of pyridine rings is 1. The molecule has 4 fully saturated rings. The van der Waals surface area contributed by atoms with Crippen molar-refractivity contribution in [2.24, 2.45) is 0 Å². The zero-order valence-electron chi connectivity index (χ0n) is 67.4. The Hall–Kier alpha value is -12.4. The van der Waals surface area contributed by atoms with Crippen LogP contribution < -0.4 is 39.6 Å². The molecule has 3 amide bonds. The number of aryl methyl sites for hydroxylation is 2. The van der Waals surface area contributed by atoms with Gasteiger partial charge in [-0.05, 0) is 258 Å². The van der Waals surface area contributed by atoms with E-state index in [1.807, 2.05) is 189 Å².